The van der Waals surface area contributed by atoms with Gasteiger partial charge in [-0.05, 0) is 0 Å². The highest BCUT2D eigenvalue weighted by Crippen LogP contribution is 2.43. The molecule has 1 saturated heterocycles. The third-order valence-corrected chi connectivity index (χ3v) is 5.27. The molecule has 5 atom stereocenters. The minimum absolute atomic E-state index is 0.0224. The van der Waals surface area contributed by atoms with E-state index >= 15 is 0 Å². The van der Waals surface area contributed by atoms with Gasteiger partial charge in [0.15, 0.2) is 16.9 Å². The zero-order chi connectivity index (χ0) is 23.0. The van der Waals surface area contributed by atoms with Gasteiger partial charge in [-0.25, -0.2) is 0 Å². The van der Waals surface area contributed by atoms with Gasteiger partial charge in [-0.3, -0.25) is 4.79 Å². The van der Waals surface area contributed by atoms with Gasteiger partial charge in [0.2, 0.25) is 12.0 Å². The molecule has 0 amide bonds. The van der Waals surface area contributed by atoms with Crippen LogP contribution in [-0.2, 0) is 4.74 Å². The smallest absolute Gasteiger partial charge is 0.229 e. The van der Waals surface area contributed by atoms with Crippen LogP contribution >= 0.6 is 0 Å². The number of aliphatic hydroxyl groups excluding tert-OH is 4. The van der Waals surface area contributed by atoms with E-state index in [-0.39, 0.29) is 28.2 Å². The first kappa shape index (κ1) is 22.1. The number of benzene rings is 2. The molecule has 5 N–H and O–H groups in total. The quantitative estimate of drug-likeness (QED) is 0.370. The Labute approximate surface area is 181 Å². The normalized spacial score (nSPS) is 25.6. The number of aromatic hydroxyl groups is 1. The average molecular weight is 446 g/mol. The van der Waals surface area contributed by atoms with Gasteiger partial charge in [-0.1, -0.05) is 30.3 Å². The molecule has 0 bridgehead atoms. The van der Waals surface area contributed by atoms with Gasteiger partial charge in [0.25, 0.3) is 0 Å². The van der Waals surface area contributed by atoms with Crippen molar-refractivity contribution in [2.45, 2.75) is 30.7 Å². The van der Waals surface area contributed by atoms with Gasteiger partial charge < -0.3 is 44.2 Å². The summed E-state index contributed by atoms with van der Waals surface area (Å²) in [4.78, 5) is 12.8. The van der Waals surface area contributed by atoms with Crippen molar-refractivity contribution in [2.75, 3.05) is 13.7 Å². The number of methoxy groups -OCH3 is 1. The Morgan fingerprint density at radius 2 is 1.75 bits per heavy atom. The fraction of sp³-hybridized carbons (Fsp3) is 0.318. The van der Waals surface area contributed by atoms with Crippen molar-refractivity contribution in [1.29, 1.82) is 0 Å². The summed E-state index contributed by atoms with van der Waals surface area (Å²) >= 11 is 0. The first-order valence-electron chi connectivity index (χ1n) is 9.76. The first-order valence-corrected chi connectivity index (χ1v) is 9.76. The second-order valence-corrected chi connectivity index (χ2v) is 7.29. The van der Waals surface area contributed by atoms with Crippen molar-refractivity contribution in [3.8, 4) is 28.6 Å². The Balaban J connectivity index is 1.79. The van der Waals surface area contributed by atoms with E-state index in [0.717, 1.165) is 0 Å². The molecule has 1 aliphatic rings. The average Bonchev–Trinajstić information content (AvgIpc) is 2.80. The summed E-state index contributed by atoms with van der Waals surface area (Å²) in [6, 6.07) is 11.4. The molecule has 3 aromatic rings. The molecule has 4 rings (SSSR count). The van der Waals surface area contributed by atoms with Gasteiger partial charge in [0, 0.05) is 17.7 Å². The van der Waals surface area contributed by atoms with Crippen molar-refractivity contribution in [1.82, 2.24) is 0 Å². The van der Waals surface area contributed by atoms with E-state index < -0.39 is 48.5 Å². The monoisotopic (exact) mass is 446 g/mol. The summed E-state index contributed by atoms with van der Waals surface area (Å²) < 4.78 is 21.9. The molecule has 0 saturated carbocycles. The second kappa shape index (κ2) is 8.77. The van der Waals surface area contributed by atoms with E-state index in [2.05, 4.69) is 0 Å². The molecule has 0 spiro atoms. The molecular formula is C22H22O10. The van der Waals surface area contributed by atoms with Crippen molar-refractivity contribution in [3.63, 3.8) is 0 Å². The van der Waals surface area contributed by atoms with Gasteiger partial charge in [0.1, 0.15) is 41.1 Å². The largest absolute Gasteiger partial charge is 0.502 e. The third-order valence-electron chi connectivity index (χ3n) is 5.27. The predicted molar refractivity (Wildman–Crippen MR) is 111 cm³/mol. The fourth-order valence-electron chi connectivity index (χ4n) is 3.58. The minimum atomic E-state index is -1.70. The lowest BCUT2D eigenvalue weighted by Gasteiger charge is -2.39. The van der Waals surface area contributed by atoms with Crippen LogP contribution < -0.4 is 14.9 Å². The molecule has 32 heavy (non-hydrogen) atoms. The maximum atomic E-state index is 12.8. The number of phenols is 1. The highest BCUT2D eigenvalue weighted by atomic mass is 16.7. The molecule has 2 unspecified atom stereocenters. The molecule has 170 valence electrons. The Hall–Kier alpha value is -3.15. The van der Waals surface area contributed by atoms with Crippen molar-refractivity contribution >= 4 is 11.0 Å². The summed E-state index contributed by atoms with van der Waals surface area (Å²) in [6.45, 7) is -0.646. The molecule has 10 nitrogen and oxygen atoms in total. The standard InChI is InChI=1S/C22H22O10/c1-29-21-16-11(24)7-12(10-5-3-2-4-6-10)30-13(16)8-14(18(21)26)31-22-20(28)19(27)17(25)15(9-23)32-22/h2-8,15,17,19-20,22-23,25-28H,9H2,1H3/t15?,17-,19+,20?,22-/m1/s1. The van der Waals surface area contributed by atoms with E-state index in [4.69, 9.17) is 18.6 Å². The molecule has 1 aliphatic heterocycles. The van der Waals surface area contributed by atoms with Crippen molar-refractivity contribution < 1.29 is 44.2 Å². The van der Waals surface area contributed by atoms with Crippen LogP contribution in [0.5, 0.6) is 17.2 Å². The number of rotatable bonds is 5. The van der Waals surface area contributed by atoms with Gasteiger partial charge in [0.05, 0.1) is 13.7 Å². The van der Waals surface area contributed by atoms with Crippen LogP contribution in [0.1, 0.15) is 0 Å². The summed E-state index contributed by atoms with van der Waals surface area (Å²) in [6.07, 6.45) is -7.69. The van der Waals surface area contributed by atoms with Crippen molar-refractivity contribution in [2.24, 2.45) is 0 Å². The number of hydrogen-bond acceptors (Lipinski definition) is 10. The van der Waals surface area contributed by atoms with Gasteiger partial charge in [-0.15, -0.1) is 0 Å². The van der Waals surface area contributed by atoms with E-state index in [9.17, 15) is 30.3 Å². The van der Waals surface area contributed by atoms with Crippen molar-refractivity contribution in [3.05, 3.63) is 52.7 Å². The van der Waals surface area contributed by atoms with Crippen LogP contribution in [-0.4, -0.2) is 70.0 Å². The molecule has 0 radical (unpaired) electrons. The SMILES string of the molecule is COc1c(O)c(O[C@@H]2OC(CO)[C@@H](O)[C@H](O)C2O)cc2oc(-c3ccccc3)cc(=O)c12. The minimum Gasteiger partial charge on any atom is -0.502 e. The predicted octanol–water partition coefficient (Wildman–Crippen LogP) is 0.353. The lowest BCUT2D eigenvalue weighted by Crippen LogP contribution is -2.60. The van der Waals surface area contributed by atoms with Crippen LogP contribution in [0.25, 0.3) is 22.3 Å². The Morgan fingerprint density at radius 3 is 2.41 bits per heavy atom. The number of phenolic OH excluding ortho intramolecular Hbond substituents is 1. The highest BCUT2D eigenvalue weighted by molar-refractivity contribution is 5.89. The number of ether oxygens (including phenoxy) is 3. The van der Waals surface area contributed by atoms with Crippen LogP contribution in [0.4, 0.5) is 0 Å². The topological polar surface area (TPSA) is 159 Å². The zero-order valence-electron chi connectivity index (χ0n) is 16.9. The summed E-state index contributed by atoms with van der Waals surface area (Å²) in [7, 11) is 1.25. The van der Waals surface area contributed by atoms with Crippen LogP contribution in [0.3, 0.4) is 0 Å². The van der Waals surface area contributed by atoms with E-state index in [0.29, 0.717) is 5.56 Å². The summed E-state index contributed by atoms with van der Waals surface area (Å²) in [5.74, 6) is -0.770. The highest BCUT2D eigenvalue weighted by Gasteiger charge is 2.45. The molecular weight excluding hydrogens is 424 g/mol. The molecule has 10 heteroatoms. The van der Waals surface area contributed by atoms with E-state index in [1.807, 2.05) is 6.07 Å². The number of hydrogen-bond donors (Lipinski definition) is 5. The molecule has 1 fully saturated rings. The maximum Gasteiger partial charge on any atom is 0.229 e. The molecule has 1 aromatic heterocycles. The zero-order valence-corrected chi connectivity index (χ0v) is 16.9. The lowest BCUT2D eigenvalue weighted by atomic mass is 9.99. The maximum absolute atomic E-state index is 12.8. The third kappa shape index (κ3) is 3.78. The van der Waals surface area contributed by atoms with Crippen LogP contribution in [0.15, 0.2) is 51.7 Å². The summed E-state index contributed by atoms with van der Waals surface area (Å²) in [5, 5.41) is 50.1. The fourth-order valence-corrected chi connectivity index (χ4v) is 3.58. The van der Waals surface area contributed by atoms with E-state index in [1.165, 1.54) is 19.2 Å². The molecule has 0 aliphatic carbocycles. The Morgan fingerprint density at radius 1 is 1.03 bits per heavy atom. The van der Waals surface area contributed by atoms with Gasteiger partial charge >= 0.3 is 0 Å². The second-order valence-electron chi connectivity index (χ2n) is 7.29. The van der Waals surface area contributed by atoms with Gasteiger partial charge in [-0.2, -0.15) is 0 Å². The van der Waals surface area contributed by atoms with Crippen LogP contribution in [0, 0.1) is 0 Å². The first-order chi connectivity index (χ1) is 15.3. The molecule has 2 heterocycles. The number of fused-ring (bicyclic) bond motifs is 1. The van der Waals surface area contributed by atoms with E-state index in [1.54, 1.807) is 24.3 Å². The Bertz CT molecular complexity index is 1160. The molecule has 2 aromatic carbocycles. The Kier molecular flexibility index (Phi) is 6.04. The summed E-state index contributed by atoms with van der Waals surface area (Å²) in [5.41, 5.74) is 0.220. The number of aliphatic hydroxyl groups is 4. The lowest BCUT2D eigenvalue weighted by molar-refractivity contribution is -0.277. The van der Waals surface area contributed by atoms with Crippen LogP contribution in [0.2, 0.25) is 0 Å².